The van der Waals surface area contributed by atoms with Crippen molar-refractivity contribution in [3.8, 4) is 0 Å². The first-order valence-corrected chi connectivity index (χ1v) is 4.96. The molecule has 0 saturated carbocycles. The minimum Gasteiger partial charge on any atom is -0.478 e. The summed E-state index contributed by atoms with van der Waals surface area (Å²) in [4.78, 5) is 13.8. The Hall–Kier alpha value is -1.00. The number of halogens is 2. The zero-order valence-corrected chi connectivity index (χ0v) is 9.19. The van der Waals surface area contributed by atoms with Gasteiger partial charge in [0.1, 0.15) is 0 Å². The lowest BCUT2D eigenvalue weighted by Crippen LogP contribution is -1.95. The number of hydrogen-bond donors (Lipinski definition) is 2. The lowest BCUT2D eigenvalue weighted by molar-refractivity contribution is 0.0698. The van der Waals surface area contributed by atoms with Gasteiger partial charge in [0.25, 0.3) is 0 Å². The number of rotatable bonds is 1. The first-order valence-electron chi connectivity index (χ1n) is 3.79. The van der Waals surface area contributed by atoms with Gasteiger partial charge in [-0.05, 0) is 28.1 Å². The molecule has 0 fully saturated rings. The Balaban J connectivity index is 2.84. The van der Waals surface area contributed by atoms with Crippen molar-refractivity contribution in [1.29, 1.82) is 0 Å². The number of hydrogen-bond acceptors (Lipinski definition) is 1. The minimum atomic E-state index is -0.967. The predicted molar refractivity (Wildman–Crippen MR) is 58.0 cm³/mol. The molecule has 0 radical (unpaired) electrons. The van der Waals surface area contributed by atoms with Gasteiger partial charge in [-0.2, -0.15) is 0 Å². The summed E-state index contributed by atoms with van der Waals surface area (Å²) in [6.45, 7) is 0. The van der Waals surface area contributed by atoms with Gasteiger partial charge in [-0.25, -0.2) is 4.79 Å². The van der Waals surface area contributed by atoms with Crippen LogP contribution in [-0.2, 0) is 0 Å². The molecular weight excluding hydrogens is 269 g/mol. The zero-order valence-electron chi connectivity index (χ0n) is 6.84. The highest BCUT2D eigenvalue weighted by Crippen LogP contribution is 2.28. The second-order valence-corrected chi connectivity index (χ2v) is 4.04. The molecule has 5 heteroatoms. The summed E-state index contributed by atoms with van der Waals surface area (Å²) in [5.41, 5.74) is 0.943. The Kier molecular flexibility index (Phi) is 2.25. The van der Waals surface area contributed by atoms with Crippen molar-refractivity contribution < 1.29 is 9.90 Å². The van der Waals surface area contributed by atoms with Crippen LogP contribution in [0.2, 0.25) is 5.02 Å². The van der Waals surface area contributed by atoms with Crippen molar-refractivity contribution in [2.75, 3.05) is 0 Å². The van der Waals surface area contributed by atoms with Crippen LogP contribution in [0, 0.1) is 0 Å². The van der Waals surface area contributed by atoms with Crippen molar-refractivity contribution >= 4 is 44.4 Å². The fraction of sp³-hybridized carbons (Fsp3) is 0. The summed E-state index contributed by atoms with van der Waals surface area (Å²) in [6, 6.07) is 5.03. The quantitative estimate of drug-likeness (QED) is 0.838. The zero-order chi connectivity index (χ0) is 10.3. The third kappa shape index (κ3) is 1.40. The number of carboxylic acids is 1. The Morgan fingerprint density at radius 2 is 2.21 bits per heavy atom. The van der Waals surface area contributed by atoms with E-state index < -0.39 is 5.97 Å². The van der Waals surface area contributed by atoms with E-state index in [4.69, 9.17) is 16.7 Å². The maximum absolute atomic E-state index is 10.9. The summed E-state index contributed by atoms with van der Waals surface area (Å²) in [5, 5.41) is 10.2. The minimum absolute atomic E-state index is 0.233. The maximum Gasteiger partial charge on any atom is 0.339 e. The fourth-order valence-electron chi connectivity index (χ4n) is 1.35. The smallest absolute Gasteiger partial charge is 0.339 e. The van der Waals surface area contributed by atoms with Gasteiger partial charge in [0, 0.05) is 15.9 Å². The van der Waals surface area contributed by atoms with Crippen LogP contribution in [0.3, 0.4) is 0 Å². The maximum atomic E-state index is 10.9. The van der Waals surface area contributed by atoms with Gasteiger partial charge in [0.15, 0.2) is 0 Å². The molecule has 0 aliphatic heterocycles. The molecule has 0 bridgehead atoms. The molecule has 72 valence electrons. The van der Waals surface area contributed by atoms with Gasteiger partial charge in [-0.15, -0.1) is 0 Å². The monoisotopic (exact) mass is 273 g/mol. The molecule has 0 aliphatic rings. The van der Waals surface area contributed by atoms with Crippen LogP contribution in [0.25, 0.3) is 10.9 Å². The van der Waals surface area contributed by atoms with E-state index in [9.17, 15) is 4.79 Å². The molecule has 0 unspecified atom stereocenters. The van der Waals surface area contributed by atoms with E-state index in [-0.39, 0.29) is 5.56 Å². The molecule has 0 aliphatic carbocycles. The number of H-pyrrole nitrogens is 1. The number of nitrogens with one attached hydrogen (secondary N) is 1. The lowest BCUT2D eigenvalue weighted by atomic mass is 10.2. The van der Waals surface area contributed by atoms with Crippen molar-refractivity contribution in [1.82, 2.24) is 4.98 Å². The summed E-state index contributed by atoms with van der Waals surface area (Å²) >= 11 is 8.93. The van der Waals surface area contributed by atoms with E-state index in [0.717, 1.165) is 0 Å². The number of aromatic amines is 1. The highest BCUT2D eigenvalue weighted by atomic mass is 79.9. The number of carbonyl (C=O) groups is 1. The number of aromatic carboxylic acids is 1. The van der Waals surface area contributed by atoms with E-state index >= 15 is 0 Å². The van der Waals surface area contributed by atoms with Crippen LogP contribution < -0.4 is 0 Å². The number of carboxylic acid groups (broad SMARTS) is 1. The van der Waals surface area contributed by atoms with Gasteiger partial charge in [0.05, 0.1) is 10.2 Å². The van der Waals surface area contributed by atoms with Gasteiger partial charge < -0.3 is 10.1 Å². The molecule has 1 heterocycles. The molecule has 3 nitrogen and oxygen atoms in total. The van der Waals surface area contributed by atoms with Crippen LogP contribution in [-0.4, -0.2) is 16.1 Å². The highest BCUT2D eigenvalue weighted by Gasteiger charge is 2.15. The molecule has 2 rings (SSSR count). The molecule has 1 aromatic carbocycles. The van der Waals surface area contributed by atoms with Crippen molar-refractivity contribution in [3.63, 3.8) is 0 Å². The normalized spacial score (nSPS) is 10.7. The number of benzene rings is 1. The average Bonchev–Trinajstić information content (AvgIpc) is 2.39. The van der Waals surface area contributed by atoms with Crippen LogP contribution >= 0.6 is 27.5 Å². The summed E-state index contributed by atoms with van der Waals surface area (Å²) in [5.74, 6) is -0.967. The van der Waals surface area contributed by atoms with Crippen LogP contribution in [0.5, 0.6) is 0 Å². The second-order valence-electron chi connectivity index (χ2n) is 2.81. The lowest BCUT2D eigenvalue weighted by Gasteiger charge is -1.92. The predicted octanol–water partition coefficient (Wildman–Crippen LogP) is 3.28. The molecular formula is C9H5BrClNO2. The molecule has 0 saturated heterocycles. The summed E-state index contributed by atoms with van der Waals surface area (Å²) in [7, 11) is 0. The number of fused-ring (bicyclic) bond motifs is 1. The standard InChI is InChI=1S/C9H5BrClNO2/c10-8-7(9(13)14)5-2-1-4(11)3-6(5)12-8/h1-3,12H,(H,13,14). The Bertz CT molecular complexity index is 521. The van der Waals surface area contributed by atoms with Crippen LogP contribution in [0.4, 0.5) is 0 Å². The van der Waals surface area contributed by atoms with Gasteiger partial charge in [0.2, 0.25) is 0 Å². The first-order chi connectivity index (χ1) is 6.59. The highest BCUT2D eigenvalue weighted by molar-refractivity contribution is 9.10. The van der Waals surface area contributed by atoms with E-state index in [0.29, 0.717) is 20.5 Å². The van der Waals surface area contributed by atoms with Crippen molar-refractivity contribution in [3.05, 3.63) is 33.4 Å². The summed E-state index contributed by atoms with van der Waals surface area (Å²) < 4.78 is 0.460. The molecule has 2 N–H and O–H groups in total. The van der Waals surface area contributed by atoms with Crippen LogP contribution in [0.1, 0.15) is 10.4 Å². The van der Waals surface area contributed by atoms with E-state index in [1.165, 1.54) is 0 Å². The van der Waals surface area contributed by atoms with E-state index in [2.05, 4.69) is 20.9 Å². The fourth-order valence-corrected chi connectivity index (χ4v) is 2.11. The van der Waals surface area contributed by atoms with Gasteiger partial charge in [-0.3, -0.25) is 0 Å². The summed E-state index contributed by atoms with van der Waals surface area (Å²) in [6.07, 6.45) is 0. The SMILES string of the molecule is O=C(O)c1c(Br)[nH]c2cc(Cl)ccc12. The van der Waals surface area contributed by atoms with Crippen LogP contribution in [0.15, 0.2) is 22.8 Å². The second kappa shape index (κ2) is 3.29. The molecule has 1 aromatic heterocycles. The Morgan fingerprint density at radius 3 is 2.86 bits per heavy atom. The van der Waals surface area contributed by atoms with Gasteiger partial charge >= 0.3 is 5.97 Å². The third-order valence-corrected chi connectivity index (χ3v) is 2.76. The van der Waals surface area contributed by atoms with E-state index in [1.54, 1.807) is 18.2 Å². The molecule has 0 amide bonds. The molecule has 14 heavy (non-hydrogen) atoms. The topological polar surface area (TPSA) is 53.1 Å². The van der Waals surface area contributed by atoms with E-state index in [1.807, 2.05) is 0 Å². The third-order valence-electron chi connectivity index (χ3n) is 1.93. The molecule has 0 spiro atoms. The van der Waals surface area contributed by atoms with Crippen molar-refractivity contribution in [2.45, 2.75) is 0 Å². The molecule has 2 aromatic rings. The average molecular weight is 275 g/mol. The Labute approximate surface area is 92.8 Å². The van der Waals surface area contributed by atoms with Gasteiger partial charge in [-0.1, -0.05) is 17.7 Å². The molecule has 0 atom stereocenters. The Morgan fingerprint density at radius 1 is 1.50 bits per heavy atom. The van der Waals surface area contributed by atoms with Crippen molar-refractivity contribution in [2.24, 2.45) is 0 Å². The number of aromatic nitrogens is 1. The largest absolute Gasteiger partial charge is 0.478 e. The first kappa shape index (κ1) is 9.55.